The lowest BCUT2D eigenvalue weighted by atomic mass is 10.2. The quantitative estimate of drug-likeness (QED) is 0.836. The van der Waals surface area contributed by atoms with Gasteiger partial charge in [0, 0.05) is 26.2 Å². The molecule has 0 saturated carbocycles. The summed E-state index contributed by atoms with van der Waals surface area (Å²) in [7, 11) is -3.47. The fourth-order valence-corrected chi connectivity index (χ4v) is 4.06. The Bertz CT molecular complexity index is 611. The molecule has 0 radical (unpaired) electrons. The standard InChI is InChI=1S/C16H25N3O3S/c1-3-9-17-14(2)16(20)18-10-12-19(13-11-18)23(21,22)15-7-5-4-6-8-15/h4-8,14,17H,3,9-13H2,1-2H3. The molecule has 0 bridgehead atoms. The lowest BCUT2D eigenvalue weighted by molar-refractivity contribution is -0.134. The van der Waals surface area contributed by atoms with Crippen LogP contribution in [0, 0.1) is 0 Å². The number of carbonyl (C=O) groups is 1. The Labute approximate surface area is 138 Å². The SMILES string of the molecule is CCCNC(C)C(=O)N1CCN(S(=O)(=O)c2ccccc2)CC1. The van der Waals surface area contributed by atoms with Gasteiger partial charge in [-0.15, -0.1) is 0 Å². The van der Waals surface area contributed by atoms with E-state index in [1.807, 2.05) is 6.92 Å². The van der Waals surface area contributed by atoms with E-state index in [0.29, 0.717) is 31.1 Å². The second-order valence-electron chi connectivity index (χ2n) is 5.72. The summed E-state index contributed by atoms with van der Waals surface area (Å²) in [6.07, 6.45) is 0.973. The third-order valence-electron chi connectivity index (χ3n) is 4.00. The summed E-state index contributed by atoms with van der Waals surface area (Å²) in [5, 5.41) is 3.17. The van der Waals surface area contributed by atoms with E-state index in [-0.39, 0.29) is 11.9 Å². The molecule has 1 fully saturated rings. The zero-order chi connectivity index (χ0) is 16.9. The van der Waals surface area contributed by atoms with Crippen molar-refractivity contribution < 1.29 is 13.2 Å². The summed E-state index contributed by atoms with van der Waals surface area (Å²) >= 11 is 0. The number of piperazine rings is 1. The summed E-state index contributed by atoms with van der Waals surface area (Å²) in [4.78, 5) is 14.4. The van der Waals surface area contributed by atoms with E-state index in [0.717, 1.165) is 13.0 Å². The summed E-state index contributed by atoms with van der Waals surface area (Å²) in [5.74, 6) is 0.0372. The molecule has 23 heavy (non-hydrogen) atoms. The fourth-order valence-electron chi connectivity index (χ4n) is 2.61. The molecule has 1 unspecified atom stereocenters. The van der Waals surface area contributed by atoms with Crippen LogP contribution in [0.2, 0.25) is 0 Å². The monoisotopic (exact) mass is 339 g/mol. The normalized spacial score (nSPS) is 17.9. The van der Waals surface area contributed by atoms with Crippen LogP contribution >= 0.6 is 0 Å². The topological polar surface area (TPSA) is 69.7 Å². The highest BCUT2D eigenvalue weighted by molar-refractivity contribution is 7.89. The number of nitrogens with one attached hydrogen (secondary N) is 1. The van der Waals surface area contributed by atoms with Gasteiger partial charge in [0.25, 0.3) is 0 Å². The number of nitrogens with zero attached hydrogens (tertiary/aromatic N) is 2. The summed E-state index contributed by atoms with van der Waals surface area (Å²) in [5.41, 5.74) is 0. The highest BCUT2D eigenvalue weighted by Gasteiger charge is 2.31. The number of carbonyl (C=O) groups excluding carboxylic acids is 1. The smallest absolute Gasteiger partial charge is 0.243 e. The summed E-state index contributed by atoms with van der Waals surface area (Å²) in [6.45, 7) is 6.25. The van der Waals surface area contributed by atoms with E-state index in [9.17, 15) is 13.2 Å². The Morgan fingerprint density at radius 1 is 1.17 bits per heavy atom. The minimum absolute atomic E-state index is 0.0372. The zero-order valence-electron chi connectivity index (χ0n) is 13.7. The van der Waals surface area contributed by atoms with E-state index < -0.39 is 10.0 Å². The van der Waals surface area contributed by atoms with Crippen LogP contribution in [0.25, 0.3) is 0 Å². The van der Waals surface area contributed by atoms with Crippen LogP contribution in [-0.2, 0) is 14.8 Å². The molecule has 1 amide bonds. The van der Waals surface area contributed by atoms with Crippen molar-refractivity contribution in [2.45, 2.75) is 31.2 Å². The molecule has 1 aliphatic rings. The van der Waals surface area contributed by atoms with Crippen molar-refractivity contribution in [2.75, 3.05) is 32.7 Å². The number of hydrogen-bond acceptors (Lipinski definition) is 4. The van der Waals surface area contributed by atoms with Crippen LogP contribution in [0.15, 0.2) is 35.2 Å². The first-order valence-electron chi connectivity index (χ1n) is 8.04. The van der Waals surface area contributed by atoms with Crippen LogP contribution in [0.3, 0.4) is 0 Å². The molecule has 1 atom stereocenters. The first-order valence-corrected chi connectivity index (χ1v) is 9.48. The van der Waals surface area contributed by atoms with Crippen molar-refractivity contribution >= 4 is 15.9 Å². The average molecular weight is 339 g/mol. The van der Waals surface area contributed by atoms with Gasteiger partial charge in [-0.25, -0.2) is 8.42 Å². The van der Waals surface area contributed by atoms with Crippen LogP contribution in [0.1, 0.15) is 20.3 Å². The van der Waals surface area contributed by atoms with Crippen molar-refractivity contribution in [3.05, 3.63) is 30.3 Å². The first-order chi connectivity index (χ1) is 11.0. The van der Waals surface area contributed by atoms with Crippen LogP contribution in [0.4, 0.5) is 0 Å². The molecule has 0 spiro atoms. The highest BCUT2D eigenvalue weighted by Crippen LogP contribution is 2.17. The third kappa shape index (κ3) is 4.31. The number of amides is 1. The molecule has 128 valence electrons. The molecule has 1 aromatic carbocycles. The van der Waals surface area contributed by atoms with Crippen molar-refractivity contribution in [3.63, 3.8) is 0 Å². The van der Waals surface area contributed by atoms with Gasteiger partial charge in [0.05, 0.1) is 10.9 Å². The number of rotatable bonds is 6. The molecule has 0 aliphatic carbocycles. The van der Waals surface area contributed by atoms with Gasteiger partial charge in [0.2, 0.25) is 15.9 Å². The first kappa shape index (κ1) is 17.9. The van der Waals surface area contributed by atoms with E-state index in [4.69, 9.17) is 0 Å². The predicted molar refractivity (Wildman–Crippen MR) is 89.5 cm³/mol. The van der Waals surface area contributed by atoms with Crippen molar-refractivity contribution in [3.8, 4) is 0 Å². The van der Waals surface area contributed by atoms with Crippen LogP contribution < -0.4 is 5.32 Å². The van der Waals surface area contributed by atoms with Gasteiger partial charge in [-0.1, -0.05) is 25.1 Å². The fraction of sp³-hybridized carbons (Fsp3) is 0.562. The second kappa shape index (κ2) is 7.90. The molecule has 1 heterocycles. The predicted octanol–water partition coefficient (Wildman–Crippen LogP) is 0.908. The molecule has 0 aromatic heterocycles. The van der Waals surface area contributed by atoms with Crippen LogP contribution in [0.5, 0.6) is 0 Å². The van der Waals surface area contributed by atoms with E-state index in [1.165, 1.54) is 4.31 Å². The summed E-state index contributed by atoms with van der Waals surface area (Å²) in [6, 6.07) is 8.20. The maximum absolute atomic E-state index is 12.5. The zero-order valence-corrected chi connectivity index (χ0v) is 14.6. The Morgan fingerprint density at radius 3 is 2.35 bits per heavy atom. The minimum atomic E-state index is -3.47. The van der Waals surface area contributed by atoms with E-state index >= 15 is 0 Å². The van der Waals surface area contributed by atoms with Gasteiger partial charge < -0.3 is 10.2 Å². The minimum Gasteiger partial charge on any atom is -0.339 e. The Kier molecular flexibility index (Phi) is 6.15. The van der Waals surface area contributed by atoms with Gasteiger partial charge in [0.1, 0.15) is 0 Å². The Hall–Kier alpha value is -1.44. The third-order valence-corrected chi connectivity index (χ3v) is 5.92. The Morgan fingerprint density at radius 2 is 1.78 bits per heavy atom. The molecule has 1 aromatic rings. The maximum atomic E-state index is 12.5. The largest absolute Gasteiger partial charge is 0.339 e. The van der Waals surface area contributed by atoms with Crippen molar-refractivity contribution in [1.82, 2.24) is 14.5 Å². The molecule has 1 N–H and O–H groups in total. The second-order valence-corrected chi connectivity index (χ2v) is 7.66. The maximum Gasteiger partial charge on any atom is 0.243 e. The van der Waals surface area contributed by atoms with Crippen molar-refractivity contribution in [1.29, 1.82) is 0 Å². The van der Waals surface area contributed by atoms with Gasteiger partial charge >= 0.3 is 0 Å². The van der Waals surface area contributed by atoms with Gasteiger partial charge in [-0.2, -0.15) is 4.31 Å². The lowest BCUT2D eigenvalue weighted by Gasteiger charge is -2.35. The molecular formula is C16H25N3O3S. The average Bonchev–Trinajstić information content (AvgIpc) is 2.59. The molecular weight excluding hydrogens is 314 g/mol. The van der Waals surface area contributed by atoms with E-state index in [2.05, 4.69) is 12.2 Å². The van der Waals surface area contributed by atoms with Gasteiger partial charge in [0.15, 0.2) is 0 Å². The summed E-state index contributed by atoms with van der Waals surface area (Å²) < 4.78 is 26.6. The highest BCUT2D eigenvalue weighted by atomic mass is 32.2. The van der Waals surface area contributed by atoms with Crippen LogP contribution in [-0.4, -0.2) is 62.3 Å². The molecule has 1 saturated heterocycles. The van der Waals surface area contributed by atoms with Gasteiger partial charge in [-0.3, -0.25) is 4.79 Å². The molecule has 6 nitrogen and oxygen atoms in total. The lowest BCUT2D eigenvalue weighted by Crippen LogP contribution is -2.54. The number of hydrogen-bond donors (Lipinski definition) is 1. The number of benzene rings is 1. The van der Waals surface area contributed by atoms with Gasteiger partial charge in [-0.05, 0) is 32.0 Å². The Balaban J connectivity index is 1.95. The number of sulfonamides is 1. The van der Waals surface area contributed by atoms with E-state index in [1.54, 1.807) is 35.2 Å². The molecule has 1 aliphatic heterocycles. The molecule has 7 heteroatoms. The van der Waals surface area contributed by atoms with Crippen molar-refractivity contribution in [2.24, 2.45) is 0 Å². The molecule has 2 rings (SSSR count).